The predicted molar refractivity (Wildman–Crippen MR) is 78.6 cm³/mol. The maximum Gasteiger partial charge on any atom is 0.407 e. The van der Waals surface area contributed by atoms with Crippen LogP contribution < -0.4 is 5.32 Å². The van der Waals surface area contributed by atoms with Gasteiger partial charge in [0.05, 0.1) is 24.9 Å². The van der Waals surface area contributed by atoms with Crippen molar-refractivity contribution in [3.63, 3.8) is 0 Å². The smallest absolute Gasteiger partial charge is 0.407 e. The Bertz CT molecular complexity index is 596. The van der Waals surface area contributed by atoms with E-state index < -0.39 is 29.2 Å². The SMILES string of the molecule is O=C(NCC12CC(C(=O)O)(C1)C(CO)O2)OCc1ccccc1. The molecule has 124 valence electrons. The van der Waals surface area contributed by atoms with Gasteiger partial charge in [0.2, 0.25) is 0 Å². The molecule has 0 aromatic heterocycles. The zero-order valence-corrected chi connectivity index (χ0v) is 12.5. The monoisotopic (exact) mass is 321 g/mol. The molecule has 2 saturated heterocycles. The molecule has 3 N–H and O–H groups in total. The van der Waals surface area contributed by atoms with E-state index in [4.69, 9.17) is 9.47 Å². The van der Waals surface area contributed by atoms with Gasteiger partial charge in [0.15, 0.2) is 0 Å². The van der Waals surface area contributed by atoms with Crippen molar-refractivity contribution in [2.75, 3.05) is 13.2 Å². The first kappa shape index (κ1) is 15.8. The van der Waals surface area contributed by atoms with E-state index in [1.165, 1.54) is 0 Å². The standard InChI is InChI=1S/C16H19NO6/c18-6-12-16(13(19)20)8-15(9-16,23-12)10-17-14(21)22-7-11-4-2-1-3-5-11/h1-5,12,18H,6-10H2,(H,17,21)(H,19,20). The quantitative estimate of drug-likeness (QED) is 0.719. The lowest BCUT2D eigenvalue weighted by Crippen LogP contribution is -2.55. The maximum atomic E-state index is 11.7. The third kappa shape index (κ3) is 2.77. The zero-order chi connectivity index (χ0) is 16.5. The highest BCUT2D eigenvalue weighted by Gasteiger charge is 2.71. The van der Waals surface area contributed by atoms with Crippen LogP contribution >= 0.6 is 0 Å². The van der Waals surface area contributed by atoms with Crippen LogP contribution in [0.4, 0.5) is 4.79 Å². The van der Waals surface area contributed by atoms with Crippen LogP contribution in [-0.4, -0.2) is 47.1 Å². The van der Waals surface area contributed by atoms with Gasteiger partial charge in [-0.05, 0) is 18.4 Å². The number of aliphatic hydroxyl groups is 1. The molecule has 1 saturated carbocycles. The second-order valence-electron chi connectivity index (χ2n) is 6.20. The first-order chi connectivity index (χ1) is 11.0. The number of carboxylic acids is 1. The molecule has 1 aromatic rings. The van der Waals surface area contributed by atoms with Crippen LogP contribution in [-0.2, 0) is 20.9 Å². The average molecular weight is 321 g/mol. The van der Waals surface area contributed by atoms with Crippen molar-refractivity contribution in [3.8, 4) is 0 Å². The molecule has 1 aromatic carbocycles. The second kappa shape index (κ2) is 5.82. The van der Waals surface area contributed by atoms with Gasteiger partial charge in [-0.3, -0.25) is 4.79 Å². The van der Waals surface area contributed by atoms with Crippen molar-refractivity contribution >= 4 is 12.1 Å². The number of hydrogen-bond acceptors (Lipinski definition) is 5. The zero-order valence-electron chi connectivity index (χ0n) is 12.5. The largest absolute Gasteiger partial charge is 0.481 e. The van der Waals surface area contributed by atoms with Gasteiger partial charge in [-0.25, -0.2) is 4.79 Å². The number of carbonyl (C=O) groups excluding carboxylic acids is 1. The summed E-state index contributed by atoms with van der Waals surface area (Å²) in [5, 5.41) is 21.2. The third-order valence-corrected chi connectivity index (χ3v) is 4.64. The third-order valence-electron chi connectivity index (χ3n) is 4.64. The normalized spacial score (nSPS) is 31.3. The Balaban J connectivity index is 1.48. The number of hydrogen-bond donors (Lipinski definition) is 3. The Morgan fingerprint density at radius 2 is 2.00 bits per heavy atom. The molecule has 7 heteroatoms. The van der Waals surface area contributed by atoms with Crippen LogP contribution in [0.2, 0.25) is 0 Å². The van der Waals surface area contributed by atoms with Gasteiger partial charge in [0, 0.05) is 0 Å². The van der Waals surface area contributed by atoms with Crippen LogP contribution in [0.5, 0.6) is 0 Å². The Morgan fingerprint density at radius 3 is 2.57 bits per heavy atom. The van der Waals surface area contributed by atoms with Crippen LogP contribution in [0, 0.1) is 5.41 Å². The van der Waals surface area contributed by atoms with Crippen molar-refractivity contribution in [2.45, 2.75) is 31.2 Å². The molecular formula is C16H19NO6. The first-order valence-corrected chi connectivity index (χ1v) is 7.46. The molecular weight excluding hydrogens is 302 g/mol. The van der Waals surface area contributed by atoms with E-state index in [9.17, 15) is 19.8 Å². The molecule has 2 aliphatic heterocycles. The lowest BCUT2D eigenvalue weighted by atomic mass is 9.60. The molecule has 7 nitrogen and oxygen atoms in total. The number of alkyl carbamates (subject to hydrolysis) is 1. The van der Waals surface area contributed by atoms with Crippen LogP contribution in [0.15, 0.2) is 30.3 Å². The summed E-state index contributed by atoms with van der Waals surface area (Å²) >= 11 is 0. The molecule has 1 unspecified atom stereocenters. The van der Waals surface area contributed by atoms with Crippen molar-refractivity contribution < 1.29 is 29.3 Å². The van der Waals surface area contributed by atoms with Crippen molar-refractivity contribution in [2.24, 2.45) is 5.41 Å². The molecule has 23 heavy (non-hydrogen) atoms. The van der Waals surface area contributed by atoms with E-state index >= 15 is 0 Å². The molecule has 1 atom stereocenters. The minimum atomic E-state index is -1.02. The molecule has 4 rings (SSSR count). The number of nitrogens with one attached hydrogen (secondary N) is 1. The minimum Gasteiger partial charge on any atom is -0.481 e. The Hall–Kier alpha value is -2.12. The summed E-state index contributed by atoms with van der Waals surface area (Å²) in [5.74, 6) is -0.962. The Labute approximate surface area is 133 Å². The topological polar surface area (TPSA) is 105 Å². The van der Waals surface area contributed by atoms with Crippen molar-refractivity contribution in [1.82, 2.24) is 5.32 Å². The van der Waals surface area contributed by atoms with E-state index in [1.807, 2.05) is 30.3 Å². The van der Waals surface area contributed by atoms with E-state index in [1.54, 1.807) is 0 Å². The summed E-state index contributed by atoms with van der Waals surface area (Å²) in [6.07, 6.45) is -0.715. The van der Waals surface area contributed by atoms with Gasteiger partial charge in [-0.15, -0.1) is 0 Å². The highest BCUT2D eigenvalue weighted by molar-refractivity contribution is 5.78. The molecule has 3 aliphatic rings. The van der Waals surface area contributed by atoms with E-state index in [-0.39, 0.29) is 19.8 Å². The summed E-state index contributed by atoms with van der Waals surface area (Å²) in [7, 11) is 0. The number of ether oxygens (including phenoxy) is 2. The number of rotatable bonds is 6. The number of carboxylic acid groups (broad SMARTS) is 1. The van der Waals surface area contributed by atoms with Gasteiger partial charge < -0.3 is 25.0 Å². The van der Waals surface area contributed by atoms with Crippen molar-refractivity contribution in [3.05, 3.63) is 35.9 Å². The molecule has 3 fully saturated rings. The van der Waals surface area contributed by atoms with Gasteiger partial charge in [-0.1, -0.05) is 30.3 Å². The van der Waals surface area contributed by atoms with Gasteiger partial charge in [0.25, 0.3) is 0 Å². The predicted octanol–water partition coefficient (Wildman–Crippen LogP) is 0.907. The van der Waals surface area contributed by atoms with Gasteiger partial charge >= 0.3 is 12.1 Å². The fourth-order valence-electron chi connectivity index (χ4n) is 3.50. The molecule has 2 heterocycles. The number of aliphatic hydroxyl groups excluding tert-OH is 1. The number of fused-ring (bicyclic) bond motifs is 1. The van der Waals surface area contributed by atoms with Crippen LogP contribution in [0.25, 0.3) is 0 Å². The molecule has 1 amide bonds. The van der Waals surface area contributed by atoms with Crippen molar-refractivity contribution in [1.29, 1.82) is 0 Å². The lowest BCUT2D eigenvalue weighted by molar-refractivity contribution is -0.155. The van der Waals surface area contributed by atoms with Crippen LogP contribution in [0.1, 0.15) is 18.4 Å². The first-order valence-electron chi connectivity index (χ1n) is 7.46. The van der Waals surface area contributed by atoms with E-state index in [2.05, 4.69) is 5.32 Å². The fourth-order valence-corrected chi connectivity index (χ4v) is 3.50. The molecule has 0 spiro atoms. The maximum absolute atomic E-state index is 11.7. The lowest BCUT2D eigenvalue weighted by Gasteiger charge is -2.42. The number of amides is 1. The van der Waals surface area contributed by atoms with Gasteiger partial charge in [-0.2, -0.15) is 0 Å². The summed E-state index contributed by atoms with van der Waals surface area (Å²) in [5.41, 5.74) is -0.853. The van der Waals surface area contributed by atoms with Gasteiger partial charge in [0.1, 0.15) is 12.0 Å². The summed E-state index contributed by atoms with van der Waals surface area (Å²) in [4.78, 5) is 23.1. The molecule has 1 aliphatic carbocycles. The second-order valence-corrected chi connectivity index (χ2v) is 6.20. The molecule has 2 bridgehead atoms. The summed E-state index contributed by atoms with van der Waals surface area (Å²) in [6, 6.07) is 9.30. The van der Waals surface area contributed by atoms with Crippen LogP contribution in [0.3, 0.4) is 0 Å². The minimum absolute atomic E-state index is 0.166. The summed E-state index contributed by atoms with van der Waals surface area (Å²) < 4.78 is 10.8. The fraction of sp³-hybridized carbons (Fsp3) is 0.500. The number of carbonyl (C=O) groups is 2. The highest BCUT2D eigenvalue weighted by Crippen LogP contribution is 2.61. The number of benzene rings is 1. The Kier molecular flexibility index (Phi) is 3.99. The number of aliphatic carboxylic acids is 1. The van der Waals surface area contributed by atoms with E-state index in [0.29, 0.717) is 12.8 Å². The average Bonchev–Trinajstić information content (AvgIpc) is 3.03. The molecule has 0 radical (unpaired) electrons. The summed E-state index contributed by atoms with van der Waals surface area (Å²) in [6.45, 7) is -0.00246. The highest BCUT2D eigenvalue weighted by atomic mass is 16.6. The van der Waals surface area contributed by atoms with E-state index in [0.717, 1.165) is 5.56 Å². The Morgan fingerprint density at radius 1 is 1.30 bits per heavy atom.